The number of hydrogen-bond acceptors (Lipinski definition) is 5. The maximum absolute atomic E-state index is 13.4. The van der Waals surface area contributed by atoms with E-state index in [0.29, 0.717) is 27.3 Å². The summed E-state index contributed by atoms with van der Waals surface area (Å²) in [6, 6.07) is 12.7. The molecule has 0 fully saturated rings. The molecule has 1 amide bonds. The normalized spacial score (nSPS) is 10.5. The van der Waals surface area contributed by atoms with E-state index in [9.17, 15) is 14.0 Å². The number of benzene rings is 2. The summed E-state index contributed by atoms with van der Waals surface area (Å²) in [5.41, 5.74) is 2.32. The minimum Gasteiger partial charge on any atom is -0.452 e. The number of amides is 1. The molecule has 0 radical (unpaired) electrons. The quantitative estimate of drug-likeness (QED) is 0.517. The Hall–Kier alpha value is -3.50. The number of aromatic nitrogens is 1. The second kappa shape index (κ2) is 9.54. The van der Waals surface area contributed by atoms with E-state index in [2.05, 4.69) is 4.98 Å². The first-order valence-electron chi connectivity index (χ1n) is 9.47. The van der Waals surface area contributed by atoms with Gasteiger partial charge in [0, 0.05) is 28.7 Å². The first-order chi connectivity index (χ1) is 14.8. The van der Waals surface area contributed by atoms with E-state index in [0.717, 1.165) is 5.56 Å². The van der Waals surface area contributed by atoms with E-state index in [-0.39, 0.29) is 18.5 Å². The number of halogens is 2. The van der Waals surface area contributed by atoms with Crippen LogP contribution < -0.4 is 4.90 Å². The molecule has 1 aromatic heterocycles. The summed E-state index contributed by atoms with van der Waals surface area (Å²) in [6.07, 6.45) is 0.117. The second-order valence-electron chi connectivity index (χ2n) is 6.92. The highest BCUT2D eigenvalue weighted by molar-refractivity contribution is 6.31. The lowest BCUT2D eigenvalue weighted by molar-refractivity contribution is -0.121. The molecule has 0 aliphatic rings. The molecule has 31 heavy (non-hydrogen) atoms. The van der Waals surface area contributed by atoms with Crippen molar-refractivity contribution in [1.82, 2.24) is 4.98 Å². The van der Waals surface area contributed by atoms with Crippen molar-refractivity contribution in [2.75, 3.05) is 18.1 Å². The third-order valence-electron chi connectivity index (χ3n) is 4.72. The molecule has 0 unspecified atom stereocenters. The van der Waals surface area contributed by atoms with Crippen molar-refractivity contribution >= 4 is 40.1 Å². The zero-order valence-electron chi connectivity index (χ0n) is 17.0. The topological polar surface area (TPSA) is 83.3 Å². The van der Waals surface area contributed by atoms with Crippen LogP contribution in [0.25, 0.3) is 10.9 Å². The monoisotopic (exact) mass is 439 g/mol. The lowest BCUT2D eigenvalue weighted by Gasteiger charge is -2.22. The fraction of sp³-hybridized carbons (Fsp3) is 0.217. The fourth-order valence-corrected chi connectivity index (χ4v) is 3.20. The van der Waals surface area contributed by atoms with Crippen LogP contribution in [0.1, 0.15) is 28.0 Å². The molecule has 0 saturated heterocycles. The number of fused-ring (bicyclic) bond motifs is 1. The van der Waals surface area contributed by atoms with Gasteiger partial charge in [-0.2, -0.15) is 5.26 Å². The Labute approximate surface area is 183 Å². The molecule has 0 bridgehead atoms. The standard InChI is InChI=1S/C23H19ClFN3O3/c1-14-10-18(6-7-20(14)24)28(9-3-8-26)22(29)13-31-23(30)19-11-16-4-5-17(25)12-21(16)27-15(19)2/h4-7,10-12H,3,9,13H2,1-2H3. The van der Waals surface area contributed by atoms with Crippen molar-refractivity contribution in [3.05, 3.63) is 70.1 Å². The molecule has 0 atom stereocenters. The third-order valence-corrected chi connectivity index (χ3v) is 5.14. The molecule has 0 spiro atoms. The summed E-state index contributed by atoms with van der Waals surface area (Å²) < 4.78 is 18.6. The number of nitrogens with zero attached hydrogens (tertiary/aromatic N) is 3. The summed E-state index contributed by atoms with van der Waals surface area (Å²) in [7, 11) is 0. The van der Waals surface area contributed by atoms with Gasteiger partial charge in [0.1, 0.15) is 5.82 Å². The van der Waals surface area contributed by atoms with Crippen LogP contribution in [-0.2, 0) is 9.53 Å². The van der Waals surface area contributed by atoms with E-state index in [4.69, 9.17) is 21.6 Å². The number of nitriles is 1. The SMILES string of the molecule is Cc1cc(N(CCC#N)C(=O)COC(=O)c2cc3ccc(F)cc3nc2C)ccc1Cl. The number of esters is 1. The maximum Gasteiger partial charge on any atom is 0.340 e. The van der Waals surface area contributed by atoms with Crippen molar-refractivity contribution in [2.24, 2.45) is 0 Å². The second-order valence-corrected chi connectivity index (χ2v) is 7.33. The highest BCUT2D eigenvalue weighted by Crippen LogP contribution is 2.23. The molecule has 3 rings (SSSR count). The summed E-state index contributed by atoms with van der Waals surface area (Å²) in [5.74, 6) is -1.61. The molecule has 1 heterocycles. The van der Waals surface area contributed by atoms with Gasteiger partial charge in [0.2, 0.25) is 0 Å². The van der Waals surface area contributed by atoms with Gasteiger partial charge < -0.3 is 9.64 Å². The van der Waals surface area contributed by atoms with E-state index < -0.39 is 24.3 Å². The van der Waals surface area contributed by atoms with Gasteiger partial charge in [0.05, 0.1) is 29.3 Å². The Bertz CT molecular complexity index is 1210. The highest BCUT2D eigenvalue weighted by Gasteiger charge is 2.20. The van der Waals surface area contributed by atoms with Gasteiger partial charge in [-0.1, -0.05) is 11.6 Å². The number of aryl methyl sites for hydroxylation is 2. The molecule has 0 saturated carbocycles. The van der Waals surface area contributed by atoms with Crippen LogP contribution >= 0.6 is 11.6 Å². The van der Waals surface area contributed by atoms with Crippen molar-refractivity contribution < 1.29 is 18.7 Å². The average molecular weight is 440 g/mol. The van der Waals surface area contributed by atoms with Crippen LogP contribution in [0.4, 0.5) is 10.1 Å². The Balaban J connectivity index is 1.77. The number of rotatable bonds is 6. The number of carbonyl (C=O) groups excluding carboxylic acids is 2. The predicted molar refractivity (Wildman–Crippen MR) is 115 cm³/mol. The molecule has 8 heteroatoms. The highest BCUT2D eigenvalue weighted by atomic mass is 35.5. The zero-order chi connectivity index (χ0) is 22.5. The number of ether oxygens (including phenoxy) is 1. The van der Waals surface area contributed by atoms with Gasteiger partial charge in [0.25, 0.3) is 5.91 Å². The lowest BCUT2D eigenvalue weighted by atomic mass is 10.1. The Morgan fingerprint density at radius 2 is 1.97 bits per heavy atom. The van der Waals surface area contributed by atoms with Crippen LogP contribution in [-0.4, -0.2) is 30.0 Å². The fourth-order valence-electron chi connectivity index (χ4n) is 3.08. The summed E-state index contributed by atoms with van der Waals surface area (Å²) in [4.78, 5) is 31.0. The molecule has 2 aromatic carbocycles. The smallest absolute Gasteiger partial charge is 0.340 e. The van der Waals surface area contributed by atoms with Gasteiger partial charge in [-0.15, -0.1) is 0 Å². The van der Waals surface area contributed by atoms with Crippen LogP contribution in [0, 0.1) is 31.0 Å². The summed E-state index contributed by atoms with van der Waals surface area (Å²) >= 11 is 6.05. The molecular weight excluding hydrogens is 421 g/mol. The Morgan fingerprint density at radius 3 is 2.68 bits per heavy atom. The number of pyridine rings is 1. The van der Waals surface area contributed by atoms with Gasteiger partial charge in [0.15, 0.2) is 6.61 Å². The van der Waals surface area contributed by atoms with Crippen molar-refractivity contribution in [3.8, 4) is 6.07 Å². The minimum atomic E-state index is -0.711. The maximum atomic E-state index is 13.4. The van der Waals surface area contributed by atoms with E-state index >= 15 is 0 Å². The third kappa shape index (κ3) is 5.16. The molecular formula is C23H19ClFN3O3. The molecule has 6 nitrogen and oxygen atoms in total. The molecule has 0 aliphatic carbocycles. The molecule has 0 N–H and O–H groups in total. The average Bonchev–Trinajstić information content (AvgIpc) is 2.74. The predicted octanol–water partition coefficient (Wildman–Crippen LogP) is 4.75. The molecule has 3 aromatic rings. The van der Waals surface area contributed by atoms with E-state index in [1.54, 1.807) is 38.1 Å². The van der Waals surface area contributed by atoms with Gasteiger partial charge in [-0.25, -0.2) is 9.18 Å². The van der Waals surface area contributed by atoms with Crippen LogP contribution in [0.2, 0.25) is 5.02 Å². The Kier molecular flexibility index (Phi) is 6.83. The summed E-state index contributed by atoms with van der Waals surface area (Å²) in [5, 5.41) is 10.1. The van der Waals surface area contributed by atoms with Gasteiger partial charge in [-0.05, 0) is 55.8 Å². The Morgan fingerprint density at radius 1 is 1.19 bits per heavy atom. The minimum absolute atomic E-state index is 0.117. The molecule has 158 valence electrons. The first-order valence-corrected chi connectivity index (χ1v) is 9.85. The number of carbonyl (C=O) groups is 2. The van der Waals surface area contributed by atoms with Gasteiger partial charge in [-0.3, -0.25) is 9.78 Å². The molecule has 0 aliphatic heterocycles. The number of hydrogen-bond donors (Lipinski definition) is 0. The van der Waals surface area contributed by atoms with Crippen molar-refractivity contribution in [2.45, 2.75) is 20.3 Å². The van der Waals surface area contributed by atoms with E-state index in [1.807, 2.05) is 6.07 Å². The van der Waals surface area contributed by atoms with Crippen molar-refractivity contribution in [3.63, 3.8) is 0 Å². The first kappa shape index (κ1) is 22.2. The van der Waals surface area contributed by atoms with Crippen molar-refractivity contribution in [1.29, 1.82) is 5.26 Å². The van der Waals surface area contributed by atoms with Crippen LogP contribution in [0.3, 0.4) is 0 Å². The van der Waals surface area contributed by atoms with Crippen LogP contribution in [0.5, 0.6) is 0 Å². The number of anilines is 1. The van der Waals surface area contributed by atoms with Gasteiger partial charge >= 0.3 is 5.97 Å². The zero-order valence-corrected chi connectivity index (χ0v) is 17.7. The largest absolute Gasteiger partial charge is 0.452 e. The van der Waals surface area contributed by atoms with Crippen LogP contribution in [0.15, 0.2) is 42.5 Å². The summed E-state index contributed by atoms with van der Waals surface area (Å²) in [6.45, 7) is 3.06. The van der Waals surface area contributed by atoms with E-state index in [1.165, 1.54) is 23.1 Å². The lowest BCUT2D eigenvalue weighted by Crippen LogP contribution is -2.35.